The van der Waals surface area contributed by atoms with E-state index in [9.17, 15) is 13.2 Å². The van der Waals surface area contributed by atoms with Crippen LogP contribution in [0.1, 0.15) is 5.56 Å². The molecule has 1 fully saturated rings. The van der Waals surface area contributed by atoms with E-state index in [1.54, 1.807) is 41.1 Å². The number of benzene rings is 1. The van der Waals surface area contributed by atoms with Crippen molar-refractivity contribution in [2.45, 2.75) is 11.4 Å². The molecule has 2 N–H and O–H groups in total. The second-order valence-electron chi connectivity index (χ2n) is 4.86. The predicted octanol–water partition coefficient (Wildman–Crippen LogP) is 0.286. The van der Waals surface area contributed by atoms with Crippen molar-refractivity contribution in [3.63, 3.8) is 0 Å². The molecule has 0 unspecified atom stereocenters. The van der Waals surface area contributed by atoms with Crippen molar-refractivity contribution in [3.05, 3.63) is 29.8 Å². The molecule has 1 aromatic carbocycles. The number of hydrogen-bond donors (Lipinski definition) is 1. The summed E-state index contributed by atoms with van der Waals surface area (Å²) in [6, 6.07) is 6.44. The first kappa shape index (κ1) is 14.8. The lowest BCUT2D eigenvalue weighted by Gasteiger charge is -2.15. The zero-order chi connectivity index (χ0) is 14.8. The minimum Gasteiger partial charge on any atom is -0.326 e. The van der Waals surface area contributed by atoms with Crippen LogP contribution in [-0.2, 0) is 16.4 Å². The van der Waals surface area contributed by atoms with Gasteiger partial charge < -0.3 is 15.5 Å². The molecule has 1 aliphatic rings. The van der Waals surface area contributed by atoms with Gasteiger partial charge in [0.1, 0.15) is 0 Å². The molecule has 1 aromatic rings. The van der Waals surface area contributed by atoms with Crippen LogP contribution in [0.4, 0.5) is 4.79 Å². The van der Waals surface area contributed by atoms with Crippen molar-refractivity contribution < 1.29 is 13.2 Å². The minimum atomic E-state index is -3.37. The van der Waals surface area contributed by atoms with Crippen LogP contribution in [0.15, 0.2) is 29.2 Å². The van der Waals surface area contributed by atoms with Gasteiger partial charge in [0, 0.05) is 33.2 Å². The molecule has 0 aliphatic carbocycles. The van der Waals surface area contributed by atoms with Crippen molar-refractivity contribution in [2.24, 2.45) is 5.73 Å². The number of nitrogens with two attached hydrogens (primary N) is 1. The van der Waals surface area contributed by atoms with Gasteiger partial charge in [0.2, 0.25) is 0 Å². The quantitative estimate of drug-likeness (QED) is 0.846. The number of rotatable bonds is 5. The summed E-state index contributed by atoms with van der Waals surface area (Å²) in [5.41, 5.74) is 6.37. The van der Waals surface area contributed by atoms with Crippen molar-refractivity contribution >= 4 is 15.9 Å². The van der Waals surface area contributed by atoms with Gasteiger partial charge in [-0.25, -0.2) is 13.2 Å². The van der Waals surface area contributed by atoms with E-state index < -0.39 is 9.84 Å². The van der Waals surface area contributed by atoms with Crippen molar-refractivity contribution in [2.75, 3.05) is 32.4 Å². The van der Waals surface area contributed by atoms with E-state index in [0.717, 1.165) is 5.56 Å². The molecule has 7 heteroatoms. The maximum absolute atomic E-state index is 12.2. The van der Waals surface area contributed by atoms with Crippen LogP contribution in [-0.4, -0.2) is 56.7 Å². The van der Waals surface area contributed by atoms with Gasteiger partial charge in [-0.15, -0.1) is 0 Å². The van der Waals surface area contributed by atoms with Gasteiger partial charge in [-0.3, -0.25) is 0 Å². The van der Waals surface area contributed by atoms with Crippen LogP contribution in [0, 0.1) is 0 Å². The number of amides is 2. The first-order valence-corrected chi connectivity index (χ1v) is 8.11. The van der Waals surface area contributed by atoms with E-state index in [0.29, 0.717) is 19.6 Å². The number of nitrogens with zero attached hydrogens (tertiary/aromatic N) is 2. The van der Waals surface area contributed by atoms with E-state index >= 15 is 0 Å². The lowest BCUT2D eigenvalue weighted by molar-refractivity contribution is 0.200. The molecule has 0 bridgehead atoms. The van der Waals surface area contributed by atoms with Crippen LogP contribution >= 0.6 is 0 Å². The molecule has 0 saturated carbocycles. The van der Waals surface area contributed by atoms with Crippen LogP contribution < -0.4 is 5.73 Å². The predicted molar refractivity (Wildman–Crippen MR) is 76.0 cm³/mol. The normalized spacial score (nSPS) is 16.0. The third kappa shape index (κ3) is 3.10. The number of hydrogen-bond acceptors (Lipinski definition) is 4. The SMILES string of the molecule is CN1CCN(CCS(=O)(=O)c2ccc(CN)cc2)C1=O. The summed E-state index contributed by atoms with van der Waals surface area (Å²) in [6.45, 7) is 1.83. The molecule has 0 radical (unpaired) electrons. The summed E-state index contributed by atoms with van der Waals surface area (Å²) in [5.74, 6) is -0.0610. The zero-order valence-corrected chi connectivity index (χ0v) is 12.3. The second kappa shape index (κ2) is 5.80. The third-order valence-electron chi connectivity index (χ3n) is 3.45. The molecule has 1 saturated heterocycles. The van der Waals surface area contributed by atoms with Crippen molar-refractivity contribution in [3.8, 4) is 0 Å². The van der Waals surface area contributed by atoms with E-state index in [4.69, 9.17) is 5.73 Å². The largest absolute Gasteiger partial charge is 0.326 e. The highest BCUT2D eigenvalue weighted by Crippen LogP contribution is 2.14. The average Bonchev–Trinajstić information content (AvgIpc) is 2.77. The van der Waals surface area contributed by atoms with Gasteiger partial charge in [-0.2, -0.15) is 0 Å². The fraction of sp³-hybridized carbons (Fsp3) is 0.462. The van der Waals surface area contributed by atoms with Crippen molar-refractivity contribution in [1.29, 1.82) is 0 Å². The first-order chi connectivity index (χ1) is 9.44. The van der Waals surface area contributed by atoms with Gasteiger partial charge in [0.25, 0.3) is 0 Å². The van der Waals surface area contributed by atoms with Gasteiger partial charge in [0.15, 0.2) is 9.84 Å². The highest BCUT2D eigenvalue weighted by Gasteiger charge is 2.26. The molecule has 20 heavy (non-hydrogen) atoms. The lowest BCUT2D eigenvalue weighted by atomic mass is 10.2. The fourth-order valence-corrected chi connectivity index (χ4v) is 3.34. The number of likely N-dealkylation sites (N-methyl/N-ethyl adjacent to an activating group) is 1. The number of sulfone groups is 1. The summed E-state index contributed by atoms with van der Waals surface area (Å²) in [7, 11) is -1.66. The summed E-state index contributed by atoms with van der Waals surface area (Å²) in [4.78, 5) is 15.1. The molecule has 6 nitrogen and oxygen atoms in total. The molecule has 0 atom stereocenters. The van der Waals surface area contributed by atoms with E-state index in [2.05, 4.69) is 0 Å². The maximum atomic E-state index is 12.2. The number of urea groups is 1. The second-order valence-corrected chi connectivity index (χ2v) is 6.97. The standard InChI is InChI=1S/C13H19N3O3S/c1-15-6-7-16(13(15)17)8-9-20(18,19)12-4-2-11(10-14)3-5-12/h2-5H,6-10,14H2,1H3. The van der Waals surface area contributed by atoms with Crippen molar-refractivity contribution in [1.82, 2.24) is 9.80 Å². The molecule has 1 aliphatic heterocycles. The molecule has 110 valence electrons. The van der Waals surface area contributed by atoms with E-state index in [1.165, 1.54) is 0 Å². The van der Waals surface area contributed by atoms with Crippen LogP contribution in [0.3, 0.4) is 0 Å². The summed E-state index contributed by atoms with van der Waals surface area (Å²) < 4.78 is 24.4. The maximum Gasteiger partial charge on any atom is 0.319 e. The van der Waals surface area contributed by atoms with Gasteiger partial charge >= 0.3 is 6.03 Å². The first-order valence-electron chi connectivity index (χ1n) is 6.46. The molecule has 2 rings (SSSR count). The Morgan fingerprint density at radius 1 is 1.20 bits per heavy atom. The monoisotopic (exact) mass is 297 g/mol. The molecular formula is C13H19N3O3S. The van der Waals surface area contributed by atoms with E-state index in [1.807, 2.05) is 0 Å². The number of carbonyl (C=O) groups is 1. The van der Waals surface area contributed by atoms with E-state index in [-0.39, 0.29) is 23.2 Å². The van der Waals surface area contributed by atoms with Crippen LogP contribution in [0.5, 0.6) is 0 Å². The summed E-state index contributed by atoms with van der Waals surface area (Å²) in [6.07, 6.45) is 0. The molecule has 2 amide bonds. The Labute approximate surface area is 119 Å². The lowest BCUT2D eigenvalue weighted by Crippen LogP contribution is -2.33. The topological polar surface area (TPSA) is 83.7 Å². The third-order valence-corrected chi connectivity index (χ3v) is 5.16. The highest BCUT2D eigenvalue weighted by molar-refractivity contribution is 7.91. The molecule has 1 heterocycles. The molecule has 0 spiro atoms. The smallest absolute Gasteiger partial charge is 0.319 e. The fourth-order valence-electron chi connectivity index (χ4n) is 2.09. The molecule has 0 aromatic heterocycles. The Kier molecular flexibility index (Phi) is 4.29. The zero-order valence-electron chi connectivity index (χ0n) is 11.4. The minimum absolute atomic E-state index is 0.0610. The van der Waals surface area contributed by atoms with Crippen LogP contribution in [0.2, 0.25) is 0 Å². The van der Waals surface area contributed by atoms with Gasteiger partial charge in [-0.05, 0) is 17.7 Å². The molecular weight excluding hydrogens is 278 g/mol. The Balaban J connectivity index is 2.02. The summed E-state index contributed by atoms with van der Waals surface area (Å²) in [5, 5.41) is 0. The average molecular weight is 297 g/mol. The Morgan fingerprint density at radius 3 is 2.35 bits per heavy atom. The Morgan fingerprint density at radius 2 is 1.85 bits per heavy atom. The highest BCUT2D eigenvalue weighted by atomic mass is 32.2. The number of carbonyl (C=O) groups excluding carboxylic acids is 1. The summed E-state index contributed by atoms with van der Waals surface area (Å²) >= 11 is 0. The Bertz CT molecular complexity index is 583. The van der Waals surface area contributed by atoms with Gasteiger partial charge in [0.05, 0.1) is 10.6 Å². The van der Waals surface area contributed by atoms with Crippen LogP contribution in [0.25, 0.3) is 0 Å². The van der Waals surface area contributed by atoms with Gasteiger partial charge in [-0.1, -0.05) is 12.1 Å². The Hall–Kier alpha value is -1.60.